The van der Waals surface area contributed by atoms with E-state index in [2.05, 4.69) is 40.6 Å². The molecular formula is C12H17N3. The van der Waals surface area contributed by atoms with Crippen molar-refractivity contribution in [2.24, 2.45) is 0 Å². The number of nitrogens with one attached hydrogen (secondary N) is 1. The lowest BCUT2D eigenvalue weighted by atomic mass is 10.1. The molecule has 0 radical (unpaired) electrons. The molecule has 0 amide bonds. The molecule has 1 aromatic carbocycles. The van der Waals surface area contributed by atoms with E-state index in [0.29, 0.717) is 0 Å². The van der Waals surface area contributed by atoms with Crippen molar-refractivity contribution in [1.82, 2.24) is 10.2 Å². The van der Waals surface area contributed by atoms with Crippen LogP contribution in [0.1, 0.15) is 19.4 Å². The summed E-state index contributed by atoms with van der Waals surface area (Å²) in [4.78, 5) is 0. The minimum atomic E-state index is 0.834. The second-order valence-corrected chi connectivity index (χ2v) is 3.03. The molecule has 0 fully saturated rings. The molecule has 0 bridgehead atoms. The Morgan fingerprint density at radius 1 is 1.20 bits per heavy atom. The zero-order chi connectivity index (χ0) is 11.3. The number of rotatable bonds is 1. The van der Waals surface area contributed by atoms with Crippen LogP contribution in [0.4, 0.5) is 5.82 Å². The largest absolute Gasteiger partial charge is 0.371 e. The van der Waals surface area contributed by atoms with Gasteiger partial charge in [0.25, 0.3) is 0 Å². The molecule has 3 nitrogen and oxygen atoms in total. The third-order valence-electron chi connectivity index (χ3n) is 2.06. The first-order chi connectivity index (χ1) is 7.31. The van der Waals surface area contributed by atoms with Gasteiger partial charge in [-0.15, -0.1) is 5.10 Å². The summed E-state index contributed by atoms with van der Waals surface area (Å²) in [5, 5.41) is 13.2. The SMILES string of the molecule is CC.CNc1nncc2ccc(C)cc12. The first-order valence-electron chi connectivity index (χ1n) is 5.21. The molecule has 0 spiro atoms. The van der Waals surface area contributed by atoms with Gasteiger partial charge in [-0.1, -0.05) is 31.5 Å². The van der Waals surface area contributed by atoms with E-state index in [1.54, 1.807) is 6.20 Å². The fourth-order valence-corrected chi connectivity index (χ4v) is 1.38. The van der Waals surface area contributed by atoms with Crippen molar-refractivity contribution in [2.45, 2.75) is 20.8 Å². The van der Waals surface area contributed by atoms with Crippen molar-refractivity contribution in [3.63, 3.8) is 0 Å². The zero-order valence-corrected chi connectivity index (χ0v) is 9.70. The number of hydrogen-bond donors (Lipinski definition) is 1. The quantitative estimate of drug-likeness (QED) is 0.774. The summed E-state index contributed by atoms with van der Waals surface area (Å²) in [6.07, 6.45) is 1.77. The molecule has 1 aromatic heterocycles. The lowest BCUT2D eigenvalue weighted by Gasteiger charge is -2.03. The van der Waals surface area contributed by atoms with Crippen molar-refractivity contribution in [1.29, 1.82) is 0 Å². The van der Waals surface area contributed by atoms with E-state index in [0.717, 1.165) is 16.6 Å². The smallest absolute Gasteiger partial charge is 0.156 e. The van der Waals surface area contributed by atoms with E-state index in [1.165, 1.54) is 5.56 Å². The third kappa shape index (κ3) is 2.43. The molecule has 0 aliphatic carbocycles. The maximum Gasteiger partial charge on any atom is 0.156 e. The lowest BCUT2D eigenvalue weighted by Crippen LogP contribution is -1.95. The van der Waals surface area contributed by atoms with Crippen LogP contribution in [0, 0.1) is 6.92 Å². The van der Waals surface area contributed by atoms with Crippen molar-refractivity contribution in [3.05, 3.63) is 30.0 Å². The normalized spacial score (nSPS) is 9.33. The highest BCUT2D eigenvalue weighted by Gasteiger charge is 2.00. The summed E-state index contributed by atoms with van der Waals surface area (Å²) in [5.74, 6) is 0.834. The average molecular weight is 203 g/mol. The highest BCUT2D eigenvalue weighted by Crippen LogP contribution is 2.20. The Labute approximate surface area is 90.5 Å². The van der Waals surface area contributed by atoms with Crippen LogP contribution in [0.5, 0.6) is 0 Å². The van der Waals surface area contributed by atoms with Gasteiger partial charge in [0.2, 0.25) is 0 Å². The predicted molar refractivity (Wildman–Crippen MR) is 65.2 cm³/mol. The Balaban J connectivity index is 0.000000531. The van der Waals surface area contributed by atoms with Gasteiger partial charge in [0.15, 0.2) is 5.82 Å². The summed E-state index contributed by atoms with van der Waals surface area (Å²) in [5.41, 5.74) is 1.23. The maximum absolute atomic E-state index is 4.01. The Bertz CT molecular complexity index is 438. The second-order valence-electron chi connectivity index (χ2n) is 3.03. The van der Waals surface area contributed by atoms with Gasteiger partial charge in [0.05, 0.1) is 6.20 Å². The van der Waals surface area contributed by atoms with Gasteiger partial charge in [-0.05, 0) is 13.0 Å². The van der Waals surface area contributed by atoms with E-state index in [4.69, 9.17) is 0 Å². The fourth-order valence-electron chi connectivity index (χ4n) is 1.38. The zero-order valence-electron chi connectivity index (χ0n) is 9.70. The monoisotopic (exact) mass is 203 g/mol. The summed E-state index contributed by atoms with van der Waals surface area (Å²) in [6.45, 7) is 6.07. The summed E-state index contributed by atoms with van der Waals surface area (Å²) >= 11 is 0. The second kappa shape index (κ2) is 5.29. The molecular weight excluding hydrogens is 186 g/mol. The van der Waals surface area contributed by atoms with E-state index < -0.39 is 0 Å². The van der Waals surface area contributed by atoms with Crippen LogP contribution >= 0.6 is 0 Å². The Morgan fingerprint density at radius 3 is 2.60 bits per heavy atom. The topological polar surface area (TPSA) is 37.8 Å². The minimum Gasteiger partial charge on any atom is -0.371 e. The fraction of sp³-hybridized carbons (Fsp3) is 0.333. The van der Waals surface area contributed by atoms with E-state index >= 15 is 0 Å². The molecule has 0 unspecified atom stereocenters. The number of benzene rings is 1. The van der Waals surface area contributed by atoms with Crippen LogP contribution in [0.15, 0.2) is 24.4 Å². The van der Waals surface area contributed by atoms with Gasteiger partial charge < -0.3 is 5.32 Å². The number of fused-ring (bicyclic) bond motifs is 1. The van der Waals surface area contributed by atoms with Crippen LogP contribution in [0.3, 0.4) is 0 Å². The van der Waals surface area contributed by atoms with Crippen molar-refractivity contribution in [3.8, 4) is 0 Å². The van der Waals surface area contributed by atoms with E-state index in [9.17, 15) is 0 Å². The molecule has 0 saturated heterocycles. The van der Waals surface area contributed by atoms with Gasteiger partial charge in [-0.3, -0.25) is 0 Å². The third-order valence-corrected chi connectivity index (χ3v) is 2.06. The highest BCUT2D eigenvalue weighted by molar-refractivity contribution is 5.91. The Morgan fingerprint density at radius 2 is 1.93 bits per heavy atom. The average Bonchev–Trinajstić information content (AvgIpc) is 2.31. The number of nitrogens with zero attached hydrogens (tertiary/aromatic N) is 2. The molecule has 0 aliphatic rings. The number of hydrogen-bond acceptors (Lipinski definition) is 3. The maximum atomic E-state index is 4.01. The van der Waals surface area contributed by atoms with E-state index in [-0.39, 0.29) is 0 Å². The van der Waals surface area contributed by atoms with Crippen LogP contribution in [0.2, 0.25) is 0 Å². The molecule has 0 atom stereocenters. The molecule has 1 N–H and O–H groups in total. The van der Waals surface area contributed by atoms with Crippen molar-refractivity contribution < 1.29 is 0 Å². The summed E-state index contributed by atoms with van der Waals surface area (Å²) < 4.78 is 0. The number of aromatic nitrogens is 2. The van der Waals surface area contributed by atoms with Crippen molar-refractivity contribution in [2.75, 3.05) is 12.4 Å². The highest BCUT2D eigenvalue weighted by atomic mass is 15.2. The van der Waals surface area contributed by atoms with Gasteiger partial charge in [0.1, 0.15) is 0 Å². The van der Waals surface area contributed by atoms with E-state index in [1.807, 2.05) is 20.9 Å². The Hall–Kier alpha value is -1.64. The summed E-state index contributed by atoms with van der Waals surface area (Å²) in [7, 11) is 1.85. The molecule has 0 saturated carbocycles. The molecule has 15 heavy (non-hydrogen) atoms. The lowest BCUT2D eigenvalue weighted by molar-refractivity contribution is 1.05. The van der Waals surface area contributed by atoms with Crippen molar-refractivity contribution >= 4 is 16.6 Å². The molecule has 0 aliphatic heterocycles. The first kappa shape index (κ1) is 11.4. The minimum absolute atomic E-state index is 0.834. The Kier molecular flexibility index (Phi) is 4.03. The van der Waals surface area contributed by atoms with Crippen LogP contribution in [-0.4, -0.2) is 17.2 Å². The van der Waals surface area contributed by atoms with Crippen LogP contribution < -0.4 is 5.32 Å². The van der Waals surface area contributed by atoms with Crippen LogP contribution in [-0.2, 0) is 0 Å². The number of aryl methyl sites for hydroxylation is 1. The van der Waals surface area contributed by atoms with Gasteiger partial charge in [-0.2, -0.15) is 5.10 Å². The van der Waals surface area contributed by atoms with Gasteiger partial charge in [0, 0.05) is 17.8 Å². The molecule has 80 valence electrons. The summed E-state index contributed by atoms with van der Waals surface area (Å²) in [6, 6.07) is 6.24. The van der Waals surface area contributed by atoms with Crippen LogP contribution in [0.25, 0.3) is 10.8 Å². The standard InChI is InChI=1S/C10H11N3.C2H6/c1-7-3-4-8-6-12-13-10(11-2)9(8)5-7;1-2/h3-6H,1-2H3,(H,11,13);1-2H3. The first-order valence-corrected chi connectivity index (χ1v) is 5.21. The molecule has 1 heterocycles. The van der Waals surface area contributed by atoms with Gasteiger partial charge >= 0.3 is 0 Å². The molecule has 2 aromatic rings. The number of anilines is 1. The molecule has 2 rings (SSSR count). The predicted octanol–water partition coefficient (Wildman–Crippen LogP) is 3.01. The molecule has 3 heteroatoms. The van der Waals surface area contributed by atoms with Gasteiger partial charge in [-0.25, -0.2) is 0 Å².